The molecule has 0 aromatic rings. The molecular weight excluding hydrogens is 286 g/mol. The number of hydrogen-bond donors (Lipinski definition) is 0. The van der Waals surface area contributed by atoms with E-state index < -0.39 is 8.32 Å². The van der Waals surface area contributed by atoms with Gasteiger partial charge in [-0.15, -0.1) is 0 Å². The van der Waals surface area contributed by atoms with E-state index in [1.807, 2.05) is 6.08 Å². The van der Waals surface area contributed by atoms with Crippen molar-refractivity contribution in [1.82, 2.24) is 0 Å². The van der Waals surface area contributed by atoms with E-state index in [1.54, 1.807) is 0 Å². The maximum Gasteiger partial charge on any atom is 0.192 e. The van der Waals surface area contributed by atoms with Crippen LogP contribution < -0.4 is 0 Å². The van der Waals surface area contributed by atoms with Gasteiger partial charge in [0.05, 0.1) is 18.1 Å². The first-order valence-corrected chi connectivity index (χ1v) is 11.4. The van der Waals surface area contributed by atoms with E-state index in [2.05, 4.69) is 59.5 Å². The van der Waals surface area contributed by atoms with Gasteiger partial charge in [-0.2, -0.15) is 5.26 Å². The minimum absolute atomic E-state index is 0.0417. The average molecular weight is 318 g/mol. The Morgan fingerprint density at radius 2 is 2.09 bits per heavy atom. The summed E-state index contributed by atoms with van der Waals surface area (Å²) in [7, 11) is -1.83. The molecule has 0 amide bonds. The van der Waals surface area contributed by atoms with Crippen molar-refractivity contribution in [3.05, 3.63) is 24.3 Å². The third-order valence-electron chi connectivity index (χ3n) is 6.41. The summed E-state index contributed by atoms with van der Waals surface area (Å²) in [4.78, 5) is 0. The van der Waals surface area contributed by atoms with Crippen molar-refractivity contribution in [2.24, 2.45) is 17.3 Å². The van der Waals surface area contributed by atoms with Crippen LogP contribution in [0.25, 0.3) is 0 Å². The molecule has 2 rings (SSSR count). The lowest BCUT2D eigenvalue weighted by Crippen LogP contribution is -2.46. The van der Waals surface area contributed by atoms with Gasteiger partial charge in [-0.05, 0) is 48.4 Å². The van der Waals surface area contributed by atoms with E-state index in [9.17, 15) is 5.26 Å². The first-order valence-electron chi connectivity index (χ1n) is 8.47. The minimum Gasteiger partial charge on any atom is -0.413 e. The molecule has 2 aliphatic rings. The molecule has 0 aliphatic heterocycles. The second-order valence-corrected chi connectivity index (χ2v) is 13.5. The summed E-state index contributed by atoms with van der Waals surface area (Å²) in [6.07, 6.45) is 7.48. The predicted molar refractivity (Wildman–Crippen MR) is 94.9 cm³/mol. The molecule has 1 saturated carbocycles. The third-order valence-corrected chi connectivity index (χ3v) is 10.9. The highest BCUT2D eigenvalue weighted by Crippen LogP contribution is 2.57. The second kappa shape index (κ2) is 5.65. The summed E-state index contributed by atoms with van der Waals surface area (Å²) in [5.74, 6) is 0.424. The van der Waals surface area contributed by atoms with E-state index in [4.69, 9.17) is 4.43 Å². The zero-order valence-corrected chi connectivity index (χ0v) is 16.1. The molecule has 22 heavy (non-hydrogen) atoms. The fourth-order valence-electron chi connectivity index (χ4n) is 3.96. The lowest BCUT2D eigenvalue weighted by Gasteiger charge is -2.43. The van der Waals surface area contributed by atoms with Crippen LogP contribution in [-0.2, 0) is 4.43 Å². The van der Waals surface area contributed by atoms with Gasteiger partial charge in [-0.1, -0.05) is 46.4 Å². The van der Waals surface area contributed by atoms with Crippen molar-refractivity contribution in [2.75, 3.05) is 0 Å². The molecule has 2 nitrogen and oxygen atoms in total. The molecule has 0 saturated heterocycles. The van der Waals surface area contributed by atoms with E-state index in [1.165, 1.54) is 5.57 Å². The maximum absolute atomic E-state index is 9.67. The quantitative estimate of drug-likeness (QED) is 0.648. The summed E-state index contributed by atoms with van der Waals surface area (Å²) < 4.78 is 6.76. The van der Waals surface area contributed by atoms with E-state index >= 15 is 0 Å². The monoisotopic (exact) mass is 317 g/mol. The molecule has 0 aromatic carbocycles. The van der Waals surface area contributed by atoms with Gasteiger partial charge < -0.3 is 4.43 Å². The van der Waals surface area contributed by atoms with Crippen LogP contribution in [0.3, 0.4) is 0 Å². The van der Waals surface area contributed by atoms with Gasteiger partial charge in [0, 0.05) is 5.92 Å². The molecule has 0 N–H and O–H groups in total. The van der Waals surface area contributed by atoms with Gasteiger partial charge >= 0.3 is 0 Å². The number of fused-ring (bicyclic) bond motifs is 1. The summed E-state index contributed by atoms with van der Waals surface area (Å²) in [5.41, 5.74) is 1.34. The van der Waals surface area contributed by atoms with Crippen LogP contribution in [0.5, 0.6) is 0 Å². The van der Waals surface area contributed by atoms with Crippen molar-refractivity contribution >= 4 is 8.32 Å². The first-order chi connectivity index (χ1) is 10.1. The van der Waals surface area contributed by atoms with Crippen molar-refractivity contribution in [3.8, 4) is 6.07 Å². The van der Waals surface area contributed by atoms with Gasteiger partial charge in [-0.25, -0.2) is 0 Å². The Morgan fingerprint density at radius 3 is 2.59 bits per heavy atom. The molecule has 0 bridgehead atoms. The average Bonchev–Trinajstić information content (AvgIpc) is 2.69. The Bertz CT molecular complexity index is 523. The number of rotatable bonds is 3. The Hall–Kier alpha value is -0.853. The number of hydrogen-bond acceptors (Lipinski definition) is 2. The Balaban J connectivity index is 2.37. The summed E-state index contributed by atoms with van der Waals surface area (Å²) in [6, 6.07) is 2.58. The van der Waals surface area contributed by atoms with Crippen LogP contribution in [0.1, 0.15) is 47.0 Å². The van der Waals surface area contributed by atoms with Crippen molar-refractivity contribution in [3.63, 3.8) is 0 Å². The summed E-state index contributed by atoms with van der Waals surface area (Å²) >= 11 is 0. The van der Waals surface area contributed by atoms with Gasteiger partial charge in [0.15, 0.2) is 8.32 Å². The number of nitrogens with zero attached hydrogens (tertiary/aromatic N) is 1. The third kappa shape index (κ3) is 2.72. The van der Waals surface area contributed by atoms with E-state index in [0.717, 1.165) is 19.3 Å². The molecule has 0 spiro atoms. The maximum atomic E-state index is 9.67. The van der Waals surface area contributed by atoms with Crippen molar-refractivity contribution in [2.45, 2.75) is 71.2 Å². The van der Waals surface area contributed by atoms with Crippen LogP contribution in [-0.4, -0.2) is 14.4 Å². The smallest absolute Gasteiger partial charge is 0.192 e. The highest BCUT2D eigenvalue weighted by molar-refractivity contribution is 6.74. The number of allylic oxidation sites excluding steroid dienone is 2. The molecule has 3 heteroatoms. The molecule has 4 atom stereocenters. The fourth-order valence-corrected chi connectivity index (χ4v) is 5.31. The molecule has 0 radical (unpaired) electrons. The highest BCUT2D eigenvalue weighted by atomic mass is 28.4. The zero-order chi connectivity index (χ0) is 16.8. The Morgan fingerprint density at radius 1 is 1.45 bits per heavy atom. The van der Waals surface area contributed by atoms with Crippen LogP contribution in [0.15, 0.2) is 24.3 Å². The van der Waals surface area contributed by atoms with Gasteiger partial charge in [0.25, 0.3) is 0 Å². The molecule has 0 unspecified atom stereocenters. The minimum atomic E-state index is -1.83. The fraction of sp³-hybridized carbons (Fsp3) is 0.737. The van der Waals surface area contributed by atoms with Gasteiger partial charge in [-0.3, -0.25) is 0 Å². The normalized spacial score (nSPS) is 35.5. The zero-order valence-electron chi connectivity index (χ0n) is 15.1. The lowest BCUT2D eigenvalue weighted by molar-refractivity contribution is 0.104. The second-order valence-electron chi connectivity index (χ2n) is 8.76. The van der Waals surface area contributed by atoms with E-state index in [0.29, 0.717) is 5.92 Å². The predicted octanol–water partition coefficient (Wildman–Crippen LogP) is 5.45. The van der Waals surface area contributed by atoms with Crippen molar-refractivity contribution < 1.29 is 4.43 Å². The summed E-state index contributed by atoms with van der Waals surface area (Å²) in [5, 5.41) is 9.86. The standard InChI is InChI=1S/C19H31NOSi/c1-8-14-10-9-11-19(5)15(13-20)12-16(17(14)19)21-22(6,7)18(2,3)4/h8,10,15-17H,1,9,11-12H2,2-7H3/t15-,16+,17+,19-/m0/s1. The molecule has 1 fully saturated rings. The molecule has 122 valence electrons. The van der Waals surface area contributed by atoms with Crippen LogP contribution in [0, 0.1) is 28.6 Å². The topological polar surface area (TPSA) is 33.0 Å². The van der Waals surface area contributed by atoms with Crippen LogP contribution in [0.2, 0.25) is 18.1 Å². The van der Waals surface area contributed by atoms with Crippen LogP contribution in [0.4, 0.5) is 0 Å². The Kier molecular flexibility index (Phi) is 4.50. The summed E-state index contributed by atoms with van der Waals surface area (Å²) in [6.45, 7) is 17.8. The highest BCUT2D eigenvalue weighted by Gasteiger charge is 2.56. The molecule has 0 heterocycles. The van der Waals surface area contributed by atoms with Crippen molar-refractivity contribution in [1.29, 1.82) is 5.26 Å². The Labute approximate surface area is 137 Å². The van der Waals surface area contributed by atoms with Crippen LogP contribution >= 0.6 is 0 Å². The lowest BCUT2D eigenvalue weighted by atomic mass is 9.65. The van der Waals surface area contributed by atoms with E-state index in [-0.39, 0.29) is 22.5 Å². The first kappa shape index (κ1) is 17.5. The molecule has 0 aromatic heterocycles. The number of nitriles is 1. The molecular formula is C19H31NOSi. The largest absolute Gasteiger partial charge is 0.413 e. The van der Waals surface area contributed by atoms with Gasteiger partial charge in [0.1, 0.15) is 0 Å². The van der Waals surface area contributed by atoms with Gasteiger partial charge in [0.2, 0.25) is 0 Å². The molecule has 2 aliphatic carbocycles. The SMILES string of the molecule is C=CC1=CCC[C@@]2(C)[C@H](C#N)C[C@@H](O[Si](C)(C)C(C)(C)C)[C@@H]12.